The molecule has 0 spiro atoms. The summed E-state index contributed by atoms with van der Waals surface area (Å²) < 4.78 is 0. The standard InChI is InChI=1S/C14H17NO2/c1-3-4-5-6-10-15-14(17)12-9-7-8-11(2)13(12)16/h1,7-9,16H,4-6,10H2,2H3,(H,15,17). The summed E-state index contributed by atoms with van der Waals surface area (Å²) in [6, 6.07) is 5.13. The van der Waals surface area contributed by atoms with Crippen molar-refractivity contribution in [2.75, 3.05) is 6.54 Å². The number of benzene rings is 1. The molecule has 0 aromatic heterocycles. The number of para-hydroxylation sites is 1. The van der Waals surface area contributed by atoms with Crippen LogP contribution in [0.15, 0.2) is 18.2 Å². The third-order valence-electron chi connectivity index (χ3n) is 2.52. The Morgan fingerprint density at radius 3 is 2.94 bits per heavy atom. The Morgan fingerprint density at radius 1 is 1.47 bits per heavy atom. The van der Waals surface area contributed by atoms with E-state index in [9.17, 15) is 9.90 Å². The van der Waals surface area contributed by atoms with Gasteiger partial charge in [0.1, 0.15) is 5.75 Å². The molecular weight excluding hydrogens is 214 g/mol. The van der Waals surface area contributed by atoms with Crippen molar-refractivity contribution in [3.05, 3.63) is 29.3 Å². The Labute approximate surface area is 102 Å². The quantitative estimate of drug-likeness (QED) is 0.603. The summed E-state index contributed by atoms with van der Waals surface area (Å²) in [5.41, 5.74) is 1.02. The summed E-state index contributed by atoms with van der Waals surface area (Å²) in [6.07, 6.45) is 7.60. The van der Waals surface area contributed by atoms with Crippen LogP contribution >= 0.6 is 0 Å². The number of hydrogen-bond donors (Lipinski definition) is 2. The number of aryl methyl sites for hydroxylation is 1. The minimum atomic E-state index is -0.244. The highest BCUT2D eigenvalue weighted by Crippen LogP contribution is 2.20. The van der Waals surface area contributed by atoms with Crippen LogP contribution in [0.1, 0.15) is 35.2 Å². The minimum absolute atomic E-state index is 0.0497. The molecule has 0 bridgehead atoms. The fourth-order valence-corrected chi connectivity index (χ4v) is 1.49. The van der Waals surface area contributed by atoms with E-state index in [1.54, 1.807) is 25.1 Å². The first kappa shape index (κ1) is 13.1. The number of carbonyl (C=O) groups is 1. The Morgan fingerprint density at radius 2 is 2.24 bits per heavy atom. The van der Waals surface area contributed by atoms with Crippen molar-refractivity contribution in [2.45, 2.75) is 26.2 Å². The van der Waals surface area contributed by atoms with Crippen molar-refractivity contribution in [3.63, 3.8) is 0 Å². The van der Waals surface area contributed by atoms with Gasteiger partial charge in [-0.1, -0.05) is 12.1 Å². The van der Waals surface area contributed by atoms with Gasteiger partial charge in [0.2, 0.25) is 0 Å². The van der Waals surface area contributed by atoms with E-state index in [1.165, 1.54) is 0 Å². The minimum Gasteiger partial charge on any atom is -0.507 e. The van der Waals surface area contributed by atoms with E-state index in [2.05, 4.69) is 11.2 Å². The van der Waals surface area contributed by atoms with Crippen LogP contribution in [0.25, 0.3) is 0 Å². The van der Waals surface area contributed by atoms with E-state index < -0.39 is 0 Å². The molecular formula is C14H17NO2. The number of carbonyl (C=O) groups excluding carboxylic acids is 1. The fraction of sp³-hybridized carbons (Fsp3) is 0.357. The molecule has 3 heteroatoms. The van der Waals surface area contributed by atoms with Crippen molar-refractivity contribution in [2.24, 2.45) is 0 Å². The number of phenolic OH excluding ortho intramolecular Hbond substituents is 1. The van der Waals surface area contributed by atoms with Crippen molar-refractivity contribution >= 4 is 5.91 Å². The zero-order valence-electron chi connectivity index (χ0n) is 9.99. The average Bonchev–Trinajstić information content (AvgIpc) is 2.32. The summed E-state index contributed by atoms with van der Waals surface area (Å²) in [4.78, 5) is 11.7. The molecule has 3 nitrogen and oxygen atoms in total. The van der Waals surface area contributed by atoms with Crippen molar-refractivity contribution in [1.29, 1.82) is 0 Å². The van der Waals surface area contributed by atoms with Crippen LogP contribution in [0.4, 0.5) is 0 Å². The number of terminal acetylenes is 1. The van der Waals surface area contributed by atoms with E-state index in [1.807, 2.05) is 0 Å². The molecule has 0 aliphatic carbocycles. The molecule has 1 amide bonds. The van der Waals surface area contributed by atoms with Crippen molar-refractivity contribution in [1.82, 2.24) is 5.32 Å². The zero-order valence-corrected chi connectivity index (χ0v) is 9.99. The number of unbranched alkanes of at least 4 members (excludes halogenated alkanes) is 2. The topological polar surface area (TPSA) is 49.3 Å². The molecule has 2 N–H and O–H groups in total. The van der Waals surface area contributed by atoms with Gasteiger partial charge < -0.3 is 10.4 Å². The van der Waals surface area contributed by atoms with Crippen LogP contribution in [0.5, 0.6) is 5.75 Å². The number of amides is 1. The number of aromatic hydroxyl groups is 1. The molecule has 0 atom stereocenters. The highest BCUT2D eigenvalue weighted by atomic mass is 16.3. The van der Waals surface area contributed by atoms with Crippen LogP contribution in [0.3, 0.4) is 0 Å². The highest BCUT2D eigenvalue weighted by Gasteiger charge is 2.11. The van der Waals surface area contributed by atoms with E-state index in [0.29, 0.717) is 17.7 Å². The van der Waals surface area contributed by atoms with E-state index in [-0.39, 0.29) is 11.7 Å². The van der Waals surface area contributed by atoms with E-state index in [0.717, 1.165) is 19.3 Å². The Kier molecular flexibility index (Phi) is 5.09. The summed E-state index contributed by atoms with van der Waals surface area (Å²) >= 11 is 0. The fourth-order valence-electron chi connectivity index (χ4n) is 1.49. The lowest BCUT2D eigenvalue weighted by Gasteiger charge is -2.07. The van der Waals surface area contributed by atoms with Crippen LogP contribution in [0.2, 0.25) is 0 Å². The first-order valence-corrected chi connectivity index (χ1v) is 5.67. The van der Waals surface area contributed by atoms with Gasteiger partial charge in [-0.3, -0.25) is 4.79 Å². The van der Waals surface area contributed by atoms with Gasteiger partial charge in [0, 0.05) is 13.0 Å². The maximum Gasteiger partial charge on any atom is 0.255 e. The number of hydrogen-bond acceptors (Lipinski definition) is 2. The predicted molar refractivity (Wildman–Crippen MR) is 67.9 cm³/mol. The molecule has 0 heterocycles. The molecule has 0 radical (unpaired) electrons. The molecule has 0 aliphatic heterocycles. The summed E-state index contributed by atoms with van der Waals surface area (Å²) in [5.74, 6) is 2.36. The van der Waals surface area contributed by atoms with Gasteiger partial charge in [-0.05, 0) is 31.4 Å². The lowest BCUT2D eigenvalue weighted by molar-refractivity contribution is 0.0950. The van der Waals surface area contributed by atoms with Crippen molar-refractivity contribution < 1.29 is 9.90 Å². The van der Waals surface area contributed by atoms with Gasteiger partial charge in [-0.15, -0.1) is 12.3 Å². The molecule has 1 aromatic rings. The molecule has 0 saturated carbocycles. The van der Waals surface area contributed by atoms with Gasteiger partial charge in [0.15, 0.2) is 0 Å². The molecule has 0 unspecified atom stereocenters. The zero-order chi connectivity index (χ0) is 12.7. The maximum atomic E-state index is 11.7. The van der Waals surface area contributed by atoms with Gasteiger partial charge in [0.05, 0.1) is 5.56 Å². The third kappa shape index (κ3) is 3.84. The SMILES string of the molecule is C#CCCCCNC(=O)c1cccc(C)c1O. The van der Waals surface area contributed by atoms with Crippen LogP contribution in [0, 0.1) is 19.3 Å². The lowest BCUT2D eigenvalue weighted by atomic mass is 10.1. The second-order valence-electron chi connectivity index (χ2n) is 3.89. The Hall–Kier alpha value is -1.95. The summed E-state index contributed by atoms with van der Waals surface area (Å²) in [5, 5.41) is 12.5. The van der Waals surface area contributed by atoms with Gasteiger partial charge in [-0.25, -0.2) is 0 Å². The normalized spacial score (nSPS) is 9.65. The smallest absolute Gasteiger partial charge is 0.255 e. The lowest BCUT2D eigenvalue weighted by Crippen LogP contribution is -2.24. The van der Waals surface area contributed by atoms with Gasteiger partial charge >= 0.3 is 0 Å². The third-order valence-corrected chi connectivity index (χ3v) is 2.52. The molecule has 90 valence electrons. The summed E-state index contributed by atoms with van der Waals surface area (Å²) in [6.45, 7) is 2.34. The molecule has 1 aromatic carbocycles. The van der Waals surface area contributed by atoms with Crippen LogP contribution in [-0.2, 0) is 0 Å². The van der Waals surface area contributed by atoms with E-state index in [4.69, 9.17) is 6.42 Å². The predicted octanol–water partition coefficient (Wildman–Crippen LogP) is 2.23. The van der Waals surface area contributed by atoms with Gasteiger partial charge in [-0.2, -0.15) is 0 Å². The van der Waals surface area contributed by atoms with Gasteiger partial charge in [0.25, 0.3) is 5.91 Å². The monoisotopic (exact) mass is 231 g/mol. The van der Waals surface area contributed by atoms with E-state index >= 15 is 0 Å². The molecule has 17 heavy (non-hydrogen) atoms. The maximum absolute atomic E-state index is 11.7. The average molecular weight is 231 g/mol. The summed E-state index contributed by atoms with van der Waals surface area (Å²) in [7, 11) is 0. The first-order valence-electron chi connectivity index (χ1n) is 5.67. The molecule has 1 rings (SSSR count). The molecule has 0 aliphatic rings. The second kappa shape index (κ2) is 6.59. The number of nitrogens with one attached hydrogen (secondary N) is 1. The van der Waals surface area contributed by atoms with Crippen molar-refractivity contribution in [3.8, 4) is 18.1 Å². The van der Waals surface area contributed by atoms with Crippen LogP contribution in [-0.4, -0.2) is 17.6 Å². The Bertz CT molecular complexity index is 432. The Balaban J connectivity index is 2.48. The highest BCUT2D eigenvalue weighted by molar-refractivity contribution is 5.97. The number of rotatable bonds is 5. The number of phenols is 1. The molecule has 0 saturated heterocycles. The van der Waals surface area contributed by atoms with Crippen LogP contribution < -0.4 is 5.32 Å². The second-order valence-corrected chi connectivity index (χ2v) is 3.89. The first-order chi connectivity index (χ1) is 8.16. The molecule has 0 fully saturated rings. The largest absolute Gasteiger partial charge is 0.507 e.